The highest BCUT2D eigenvalue weighted by atomic mass is 79.9. The Bertz CT molecular complexity index is 759. The zero-order valence-electron chi connectivity index (χ0n) is 11.1. The lowest BCUT2D eigenvalue weighted by Gasteiger charge is -2.19. The molecule has 0 radical (unpaired) electrons. The smallest absolute Gasteiger partial charge is 0.136 e. The molecule has 2 nitrogen and oxygen atoms in total. The molecule has 1 heterocycles. The van der Waals surface area contributed by atoms with Crippen molar-refractivity contribution in [2.24, 2.45) is 0 Å². The largest absolute Gasteiger partial charge is 0.308 e. The van der Waals surface area contributed by atoms with Crippen LogP contribution in [0.4, 0.5) is 13.2 Å². The van der Waals surface area contributed by atoms with Gasteiger partial charge in [-0.25, -0.2) is 13.2 Å². The second-order valence-electron chi connectivity index (χ2n) is 4.66. The van der Waals surface area contributed by atoms with Crippen LogP contribution in [0.5, 0.6) is 0 Å². The van der Waals surface area contributed by atoms with Crippen molar-refractivity contribution in [2.75, 3.05) is 0 Å². The van der Waals surface area contributed by atoms with Crippen LogP contribution in [-0.4, -0.2) is 0 Å². The lowest BCUT2D eigenvalue weighted by Crippen LogP contribution is -2.25. The highest BCUT2D eigenvalue weighted by Gasteiger charge is 2.21. The van der Waals surface area contributed by atoms with Crippen LogP contribution < -0.4 is 10.9 Å². The summed E-state index contributed by atoms with van der Waals surface area (Å²) < 4.78 is 42.1. The second-order valence-corrected chi connectivity index (χ2v) is 5.57. The molecule has 22 heavy (non-hydrogen) atoms. The molecule has 0 atom stereocenters. The topological polar surface area (TPSA) is 24.1 Å². The van der Waals surface area contributed by atoms with Gasteiger partial charge in [0.25, 0.3) is 0 Å². The Labute approximate surface area is 133 Å². The lowest BCUT2D eigenvalue weighted by atomic mass is 9.92. The lowest BCUT2D eigenvalue weighted by molar-refractivity contribution is 0.539. The van der Waals surface area contributed by atoms with Crippen LogP contribution >= 0.6 is 15.9 Å². The minimum atomic E-state index is -0.949. The van der Waals surface area contributed by atoms with Crippen LogP contribution in [0.25, 0.3) is 11.1 Å². The van der Waals surface area contributed by atoms with Crippen LogP contribution in [0.2, 0.25) is 0 Å². The van der Waals surface area contributed by atoms with Crippen LogP contribution in [0, 0.1) is 17.5 Å². The van der Waals surface area contributed by atoms with E-state index in [1.54, 1.807) is 6.20 Å². The van der Waals surface area contributed by atoms with Crippen LogP contribution in [-0.2, 0) is 0 Å². The third kappa shape index (κ3) is 2.74. The average molecular weight is 367 g/mol. The van der Waals surface area contributed by atoms with Gasteiger partial charge in [0.2, 0.25) is 0 Å². The fraction of sp³-hybridized carbons (Fsp3) is 0. The molecule has 0 unspecified atom stereocenters. The van der Waals surface area contributed by atoms with Gasteiger partial charge in [-0.05, 0) is 17.7 Å². The molecule has 1 aliphatic heterocycles. The monoisotopic (exact) mass is 366 g/mol. The third-order valence-electron chi connectivity index (χ3n) is 3.24. The Morgan fingerprint density at radius 2 is 1.32 bits per heavy atom. The molecule has 0 fully saturated rings. The van der Waals surface area contributed by atoms with Crippen molar-refractivity contribution in [3.05, 3.63) is 81.8 Å². The summed E-state index contributed by atoms with van der Waals surface area (Å²) in [4.78, 5) is 0. The number of rotatable bonds is 2. The standard InChI is InChI=1S/C16H10BrF3N2/c17-10-3-1-9(2-4-10)12-7-21-22-8-13(12)16-14(19)5-11(18)6-15(16)20/h1-8,21-22H. The number of hydrogen-bond donors (Lipinski definition) is 2. The van der Waals surface area contributed by atoms with E-state index in [0.29, 0.717) is 23.3 Å². The van der Waals surface area contributed by atoms with Gasteiger partial charge >= 0.3 is 0 Å². The van der Waals surface area contributed by atoms with E-state index in [1.165, 1.54) is 6.20 Å². The number of allylic oxidation sites excluding steroid dienone is 2. The van der Waals surface area contributed by atoms with Gasteiger partial charge in [-0.1, -0.05) is 28.1 Å². The first kappa shape index (κ1) is 14.7. The normalized spacial score (nSPS) is 13.8. The van der Waals surface area contributed by atoms with Gasteiger partial charge in [0.1, 0.15) is 17.5 Å². The summed E-state index contributed by atoms with van der Waals surface area (Å²) in [6.07, 6.45) is 3.04. The summed E-state index contributed by atoms with van der Waals surface area (Å²) in [5.74, 6) is -2.85. The van der Waals surface area contributed by atoms with E-state index in [-0.39, 0.29) is 5.56 Å². The van der Waals surface area contributed by atoms with E-state index in [4.69, 9.17) is 0 Å². The van der Waals surface area contributed by atoms with Gasteiger partial charge in [0, 0.05) is 40.2 Å². The molecular weight excluding hydrogens is 357 g/mol. The van der Waals surface area contributed by atoms with Gasteiger partial charge in [-0.2, -0.15) is 0 Å². The minimum Gasteiger partial charge on any atom is -0.308 e. The highest BCUT2D eigenvalue weighted by Crippen LogP contribution is 2.35. The van der Waals surface area contributed by atoms with Crippen molar-refractivity contribution < 1.29 is 13.2 Å². The van der Waals surface area contributed by atoms with Crippen molar-refractivity contribution in [1.82, 2.24) is 10.9 Å². The predicted molar refractivity (Wildman–Crippen MR) is 82.7 cm³/mol. The fourth-order valence-corrected chi connectivity index (χ4v) is 2.52. The van der Waals surface area contributed by atoms with E-state index in [0.717, 1.165) is 10.0 Å². The van der Waals surface area contributed by atoms with Crippen molar-refractivity contribution in [1.29, 1.82) is 0 Å². The Balaban J connectivity index is 2.11. The summed E-state index contributed by atoms with van der Waals surface area (Å²) in [7, 11) is 0. The van der Waals surface area contributed by atoms with Crippen molar-refractivity contribution in [2.45, 2.75) is 0 Å². The molecule has 6 heteroatoms. The van der Waals surface area contributed by atoms with Gasteiger partial charge in [-0.3, -0.25) is 0 Å². The summed E-state index contributed by atoms with van der Waals surface area (Å²) in [5.41, 5.74) is 6.86. The van der Waals surface area contributed by atoms with Crippen molar-refractivity contribution >= 4 is 27.1 Å². The molecule has 0 bridgehead atoms. The first-order chi connectivity index (χ1) is 10.6. The summed E-state index contributed by atoms with van der Waals surface area (Å²) >= 11 is 3.34. The molecule has 1 aliphatic rings. The number of hydrogen-bond acceptors (Lipinski definition) is 2. The number of nitrogens with one attached hydrogen (secondary N) is 2. The zero-order valence-corrected chi connectivity index (χ0v) is 12.7. The number of benzene rings is 2. The Morgan fingerprint density at radius 1 is 0.773 bits per heavy atom. The van der Waals surface area contributed by atoms with Gasteiger partial charge in [0.05, 0.1) is 5.56 Å². The molecule has 3 rings (SSSR count). The molecule has 0 amide bonds. The Kier molecular flexibility index (Phi) is 3.94. The molecule has 0 aliphatic carbocycles. The molecule has 0 aromatic heterocycles. The van der Waals surface area contributed by atoms with Crippen molar-refractivity contribution in [3.63, 3.8) is 0 Å². The fourth-order valence-electron chi connectivity index (χ4n) is 2.26. The summed E-state index contributed by atoms with van der Waals surface area (Å²) in [6.45, 7) is 0. The summed E-state index contributed by atoms with van der Waals surface area (Å²) in [5, 5.41) is 0. The molecule has 0 spiro atoms. The maximum atomic E-state index is 14.0. The van der Waals surface area contributed by atoms with E-state index in [1.807, 2.05) is 24.3 Å². The third-order valence-corrected chi connectivity index (χ3v) is 3.77. The second kappa shape index (κ2) is 5.88. The maximum Gasteiger partial charge on any atom is 0.136 e. The predicted octanol–water partition coefficient (Wildman–Crippen LogP) is 4.36. The van der Waals surface area contributed by atoms with Crippen LogP contribution in [0.1, 0.15) is 11.1 Å². The van der Waals surface area contributed by atoms with E-state index >= 15 is 0 Å². The van der Waals surface area contributed by atoms with E-state index < -0.39 is 17.5 Å². The van der Waals surface area contributed by atoms with Crippen LogP contribution in [0.15, 0.2) is 53.3 Å². The quantitative estimate of drug-likeness (QED) is 0.825. The van der Waals surface area contributed by atoms with E-state index in [9.17, 15) is 13.2 Å². The molecule has 2 aromatic carbocycles. The Hall–Kier alpha value is -2.21. The first-order valence-corrected chi connectivity index (χ1v) is 7.18. The Morgan fingerprint density at radius 3 is 1.91 bits per heavy atom. The SMILES string of the molecule is Fc1cc(F)c(C2=CNNC=C2c2ccc(Br)cc2)c(F)c1. The average Bonchev–Trinajstić information content (AvgIpc) is 2.48. The molecule has 2 aromatic rings. The van der Waals surface area contributed by atoms with E-state index in [2.05, 4.69) is 26.8 Å². The van der Waals surface area contributed by atoms with Crippen molar-refractivity contribution in [3.8, 4) is 0 Å². The number of halogens is 4. The molecule has 0 saturated heterocycles. The first-order valence-electron chi connectivity index (χ1n) is 6.39. The minimum absolute atomic E-state index is 0.274. The maximum absolute atomic E-state index is 14.0. The molecule has 112 valence electrons. The summed E-state index contributed by atoms with van der Waals surface area (Å²) in [6, 6.07) is 8.62. The van der Waals surface area contributed by atoms with Gasteiger partial charge in [-0.15, -0.1) is 0 Å². The number of hydrazine groups is 1. The highest BCUT2D eigenvalue weighted by molar-refractivity contribution is 9.10. The zero-order chi connectivity index (χ0) is 15.7. The van der Waals surface area contributed by atoms with Crippen LogP contribution in [0.3, 0.4) is 0 Å². The molecular formula is C16H10BrF3N2. The van der Waals surface area contributed by atoms with Gasteiger partial charge in [0.15, 0.2) is 0 Å². The van der Waals surface area contributed by atoms with Gasteiger partial charge < -0.3 is 10.9 Å². The molecule has 2 N–H and O–H groups in total. The molecule has 0 saturated carbocycles.